The molecule has 314 valence electrons. The second-order valence-electron chi connectivity index (χ2n) is 15.1. The van der Waals surface area contributed by atoms with Crippen molar-refractivity contribution in [1.29, 1.82) is 0 Å². The van der Waals surface area contributed by atoms with Crippen LogP contribution in [0.3, 0.4) is 0 Å². The summed E-state index contributed by atoms with van der Waals surface area (Å²) in [4.78, 5) is 12.9. The first-order valence-electron chi connectivity index (χ1n) is 21.9. The van der Waals surface area contributed by atoms with Gasteiger partial charge in [0.15, 0.2) is 6.29 Å². The largest absolute Gasteiger partial charge is 0.394 e. The highest BCUT2D eigenvalue weighted by Crippen LogP contribution is 2.22. The number of hydrogen-bond donors (Lipinski definition) is 6. The zero-order valence-corrected chi connectivity index (χ0v) is 34.2. The first kappa shape index (κ1) is 50.2. The van der Waals surface area contributed by atoms with E-state index >= 15 is 0 Å². The fraction of sp³-hybridized carbons (Fsp3) is 0.800. The molecule has 6 N–H and O–H groups in total. The Hall–Kier alpha value is -1.85. The van der Waals surface area contributed by atoms with Crippen molar-refractivity contribution < 1.29 is 39.8 Å². The van der Waals surface area contributed by atoms with Crippen molar-refractivity contribution in [3.63, 3.8) is 0 Å². The minimum atomic E-state index is -1.57. The Morgan fingerprint density at radius 2 is 1.11 bits per heavy atom. The Labute approximate surface area is 329 Å². The Morgan fingerprint density at radius 3 is 1.69 bits per heavy atom. The van der Waals surface area contributed by atoms with Crippen LogP contribution in [0.15, 0.2) is 48.6 Å². The van der Waals surface area contributed by atoms with Crippen LogP contribution >= 0.6 is 0 Å². The van der Waals surface area contributed by atoms with Crippen molar-refractivity contribution in [2.24, 2.45) is 0 Å². The van der Waals surface area contributed by atoms with Crippen LogP contribution in [-0.2, 0) is 14.3 Å². The van der Waals surface area contributed by atoms with Crippen molar-refractivity contribution in [2.75, 3.05) is 13.2 Å². The summed E-state index contributed by atoms with van der Waals surface area (Å²) in [6.07, 6.45) is 37.2. The summed E-state index contributed by atoms with van der Waals surface area (Å²) in [5.74, 6) is -0.198. The smallest absolute Gasteiger partial charge is 0.220 e. The summed E-state index contributed by atoms with van der Waals surface area (Å²) in [6.45, 7) is 3.71. The molecule has 0 aliphatic carbocycles. The van der Waals surface area contributed by atoms with E-state index in [2.05, 4.69) is 55.6 Å². The molecular weight excluding hydrogens is 682 g/mol. The molecule has 1 rings (SSSR count). The molecule has 9 nitrogen and oxygen atoms in total. The van der Waals surface area contributed by atoms with Crippen LogP contribution in [0.25, 0.3) is 0 Å². The van der Waals surface area contributed by atoms with Crippen LogP contribution in [0, 0.1) is 0 Å². The average molecular weight is 764 g/mol. The Kier molecular flexibility index (Phi) is 33.0. The van der Waals surface area contributed by atoms with Crippen molar-refractivity contribution in [3.05, 3.63) is 48.6 Å². The Balaban J connectivity index is 2.41. The van der Waals surface area contributed by atoms with Gasteiger partial charge in [0.05, 0.1) is 25.4 Å². The fourth-order valence-corrected chi connectivity index (χ4v) is 6.55. The van der Waals surface area contributed by atoms with Gasteiger partial charge in [0.2, 0.25) is 5.91 Å². The molecule has 1 amide bonds. The molecular formula is C45H81NO8. The van der Waals surface area contributed by atoms with E-state index in [1.54, 1.807) is 6.08 Å². The maximum atomic E-state index is 12.9. The number of hydrogen-bond acceptors (Lipinski definition) is 8. The van der Waals surface area contributed by atoms with Crippen LogP contribution < -0.4 is 5.32 Å². The molecule has 1 fully saturated rings. The molecule has 0 bridgehead atoms. The van der Waals surface area contributed by atoms with Gasteiger partial charge in [-0.15, -0.1) is 0 Å². The highest BCUT2D eigenvalue weighted by Gasteiger charge is 2.44. The number of amides is 1. The normalized spacial score (nSPS) is 21.9. The molecule has 0 aromatic rings. The van der Waals surface area contributed by atoms with Gasteiger partial charge in [-0.3, -0.25) is 4.79 Å². The van der Waals surface area contributed by atoms with E-state index in [9.17, 15) is 30.3 Å². The summed E-state index contributed by atoms with van der Waals surface area (Å²) in [5.41, 5.74) is 0. The maximum absolute atomic E-state index is 12.9. The van der Waals surface area contributed by atoms with E-state index in [4.69, 9.17) is 9.47 Å². The molecule has 7 atom stereocenters. The number of unbranched alkanes of at least 4 members (excludes halogenated alkanes) is 19. The van der Waals surface area contributed by atoms with E-state index in [-0.39, 0.29) is 12.5 Å². The topological polar surface area (TPSA) is 149 Å². The number of rotatable bonds is 35. The molecule has 1 aliphatic heterocycles. The lowest BCUT2D eigenvalue weighted by Crippen LogP contribution is -2.60. The molecule has 0 spiro atoms. The van der Waals surface area contributed by atoms with E-state index in [1.807, 2.05) is 6.08 Å². The number of ether oxygens (including phenoxy) is 2. The second kappa shape index (κ2) is 35.6. The molecule has 1 aliphatic rings. The van der Waals surface area contributed by atoms with Gasteiger partial charge < -0.3 is 40.3 Å². The summed E-state index contributed by atoms with van der Waals surface area (Å²) >= 11 is 0. The van der Waals surface area contributed by atoms with E-state index in [0.717, 1.165) is 57.8 Å². The summed E-state index contributed by atoms with van der Waals surface area (Å²) < 4.78 is 11.2. The lowest BCUT2D eigenvalue weighted by Gasteiger charge is -2.40. The summed E-state index contributed by atoms with van der Waals surface area (Å²) in [7, 11) is 0. The Morgan fingerprint density at radius 1 is 0.630 bits per heavy atom. The van der Waals surface area contributed by atoms with Crippen molar-refractivity contribution >= 4 is 5.91 Å². The van der Waals surface area contributed by atoms with Crippen LogP contribution in [-0.4, -0.2) is 87.5 Å². The van der Waals surface area contributed by atoms with Crippen LogP contribution in [0.2, 0.25) is 0 Å². The quantitative estimate of drug-likeness (QED) is 0.0278. The van der Waals surface area contributed by atoms with Gasteiger partial charge in [0.1, 0.15) is 24.4 Å². The number of carbonyl (C=O) groups excluding carboxylic acids is 1. The minimum absolute atomic E-state index is 0.198. The SMILES string of the molecule is CCCCCC/C=C\C/C=C\CCCCCCCCCC(=O)NC(COC1OC(CO)C(O)C(O)C1O)C(O)/C=C/CC/C=C/CCCCCCCCC. The monoisotopic (exact) mass is 764 g/mol. The molecule has 0 aromatic heterocycles. The van der Waals surface area contributed by atoms with E-state index in [0.29, 0.717) is 6.42 Å². The summed E-state index contributed by atoms with van der Waals surface area (Å²) in [5, 5.41) is 54.0. The highest BCUT2D eigenvalue weighted by atomic mass is 16.7. The number of aliphatic hydroxyl groups is 5. The third-order valence-electron chi connectivity index (χ3n) is 10.1. The third-order valence-corrected chi connectivity index (χ3v) is 10.1. The van der Waals surface area contributed by atoms with E-state index < -0.39 is 49.5 Å². The van der Waals surface area contributed by atoms with Gasteiger partial charge in [-0.05, 0) is 64.2 Å². The van der Waals surface area contributed by atoms with Gasteiger partial charge in [0.25, 0.3) is 0 Å². The lowest BCUT2D eigenvalue weighted by atomic mass is 9.99. The van der Waals surface area contributed by atoms with Crippen LogP contribution in [0.5, 0.6) is 0 Å². The fourth-order valence-electron chi connectivity index (χ4n) is 6.55. The molecule has 54 heavy (non-hydrogen) atoms. The van der Waals surface area contributed by atoms with Crippen molar-refractivity contribution in [3.8, 4) is 0 Å². The number of allylic oxidation sites excluding steroid dienone is 7. The summed E-state index contributed by atoms with van der Waals surface area (Å²) in [6, 6.07) is -0.824. The Bertz CT molecular complexity index is 983. The van der Waals surface area contributed by atoms with Gasteiger partial charge in [-0.1, -0.05) is 152 Å². The number of carbonyl (C=O) groups is 1. The van der Waals surface area contributed by atoms with E-state index in [1.165, 1.54) is 96.3 Å². The zero-order chi connectivity index (χ0) is 39.5. The standard InChI is InChI=1S/C45H81NO8/c1-3-5-7-9-11-13-15-17-18-19-20-21-23-25-27-29-31-33-35-41(49)46-38(37-53-45-44(52)43(51)42(50)40(36-47)54-45)39(48)34-32-30-28-26-24-22-16-14-12-10-8-6-4-2/h13,15,18-19,24,26,32,34,38-40,42-45,47-48,50-52H,3-12,14,16-17,20-23,25,27-31,33,35-37H2,1-2H3,(H,46,49)/b15-13-,19-18-,26-24+,34-32+. The average Bonchev–Trinajstić information content (AvgIpc) is 3.17. The molecule has 9 heteroatoms. The van der Waals surface area contributed by atoms with Crippen LogP contribution in [0.1, 0.15) is 174 Å². The number of nitrogens with one attached hydrogen (secondary N) is 1. The van der Waals surface area contributed by atoms with Gasteiger partial charge in [0, 0.05) is 6.42 Å². The maximum Gasteiger partial charge on any atom is 0.220 e. The number of aliphatic hydroxyl groups excluding tert-OH is 5. The molecule has 7 unspecified atom stereocenters. The minimum Gasteiger partial charge on any atom is -0.394 e. The van der Waals surface area contributed by atoms with Crippen molar-refractivity contribution in [2.45, 2.75) is 217 Å². The van der Waals surface area contributed by atoms with Gasteiger partial charge in [-0.25, -0.2) is 0 Å². The lowest BCUT2D eigenvalue weighted by molar-refractivity contribution is -0.302. The first-order chi connectivity index (χ1) is 26.3. The molecule has 0 saturated carbocycles. The first-order valence-corrected chi connectivity index (χ1v) is 21.9. The second-order valence-corrected chi connectivity index (χ2v) is 15.1. The van der Waals surface area contributed by atoms with Crippen LogP contribution in [0.4, 0.5) is 0 Å². The molecule has 0 radical (unpaired) electrons. The predicted molar refractivity (Wildman–Crippen MR) is 221 cm³/mol. The third kappa shape index (κ3) is 26.1. The predicted octanol–water partition coefficient (Wildman–Crippen LogP) is 8.67. The molecule has 0 aromatic carbocycles. The zero-order valence-electron chi connectivity index (χ0n) is 34.2. The van der Waals surface area contributed by atoms with Crippen molar-refractivity contribution in [1.82, 2.24) is 5.32 Å². The van der Waals surface area contributed by atoms with Gasteiger partial charge >= 0.3 is 0 Å². The van der Waals surface area contributed by atoms with Gasteiger partial charge in [-0.2, -0.15) is 0 Å². The highest BCUT2D eigenvalue weighted by molar-refractivity contribution is 5.76. The molecule has 1 saturated heterocycles. The molecule has 1 heterocycles.